The molecule has 1 aromatic carbocycles. The van der Waals surface area contributed by atoms with Crippen LogP contribution >= 0.6 is 23.6 Å². The Morgan fingerprint density at radius 1 is 1.15 bits per heavy atom. The van der Waals surface area contributed by atoms with Gasteiger partial charge in [-0.2, -0.15) is 0 Å². The van der Waals surface area contributed by atoms with Crippen LogP contribution in [0, 0.1) is 0 Å². The second-order valence-electron chi connectivity index (χ2n) is 5.70. The molecule has 0 unspecified atom stereocenters. The smallest absolute Gasteiger partial charge is 0.341 e. The molecular weight excluding hydrogens is 372 g/mol. The van der Waals surface area contributed by atoms with Crippen molar-refractivity contribution >= 4 is 45.3 Å². The van der Waals surface area contributed by atoms with E-state index in [-0.39, 0.29) is 5.97 Å². The van der Waals surface area contributed by atoms with E-state index in [4.69, 9.17) is 26.4 Å². The molecule has 2 N–H and O–H groups in total. The number of thiophene rings is 1. The summed E-state index contributed by atoms with van der Waals surface area (Å²) in [6, 6.07) is 5.40. The van der Waals surface area contributed by atoms with Crippen molar-refractivity contribution in [2.45, 2.75) is 19.3 Å². The number of methoxy groups -OCH3 is 3. The molecule has 8 heteroatoms. The number of anilines is 2. The van der Waals surface area contributed by atoms with Gasteiger partial charge in [-0.1, -0.05) is 0 Å². The molecule has 0 spiro atoms. The highest BCUT2D eigenvalue weighted by molar-refractivity contribution is 7.80. The summed E-state index contributed by atoms with van der Waals surface area (Å²) in [5.41, 5.74) is 2.37. The lowest BCUT2D eigenvalue weighted by molar-refractivity contribution is 0.0601. The SMILES string of the molecule is COC(=O)c1c(NC(=S)Nc2ccc(OC)cc2OC)sc2c1CCC2. The third-order valence-electron chi connectivity index (χ3n) is 4.19. The quantitative estimate of drug-likeness (QED) is 0.592. The monoisotopic (exact) mass is 392 g/mol. The summed E-state index contributed by atoms with van der Waals surface area (Å²) in [6.07, 6.45) is 2.94. The van der Waals surface area contributed by atoms with E-state index in [0.29, 0.717) is 32.9 Å². The Hall–Kier alpha value is -2.32. The molecule has 0 aliphatic heterocycles. The third kappa shape index (κ3) is 3.61. The molecule has 0 bridgehead atoms. The van der Waals surface area contributed by atoms with E-state index in [1.807, 2.05) is 12.1 Å². The molecule has 138 valence electrons. The van der Waals surface area contributed by atoms with Crippen molar-refractivity contribution in [3.8, 4) is 11.5 Å². The Balaban J connectivity index is 1.80. The second-order valence-corrected chi connectivity index (χ2v) is 7.21. The minimum absolute atomic E-state index is 0.336. The first-order chi connectivity index (χ1) is 12.6. The number of hydrogen-bond donors (Lipinski definition) is 2. The Kier molecular flexibility index (Phi) is 5.63. The number of rotatable bonds is 5. The normalized spacial score (nSPS) is 12.3. The number of carbonyl (C=O) groups is 1. The van der Waals surface area contributed by atoms with E-state index in [1.165, 1.54) is 12.0 Å². The molecular formula is C18H20N2O4S2. The number of aryl methyl sites for hydroxylation is 1. The van der Waals surface area contributed by atoms with Crippen LogP contribution < -0.4 is 20.1 Å². The van der Waals surface area contributed by atoms with Gasteiger partial charge >= 0.3 is 5.97 Å². The van der Waals surface area contributed by atoms with Gasteiger partial charge in [0.05, 0.1) is 32.6 Å². The van der Waals surface area contributed by atoms with Gasteiger partial charge in [0.15, 0.2) is 5.11 Å². The summed E-state index contributed by atoms with van der Waals surface area (Å²) < 4.78 is 15.5. The van der Waals surface area contributed by atoms with E-state index in [2.05, 4.69) is 10.6 Å². The highest BCUT2D eigenvalue weighted by Crippen LogP contribution is 2.39. The highest BCUT2D eigenvalue weighted by atomic mass is 32.1. The van der Waals surface area contributed by atoms with Gasteiger partial charge in [-0.05, 0) is 49.2 Å². The summed E-state index contributed by atoms with van der Waals surface area (Å²) in [4.78, 5) is 13.4. The molecule has 0 saturated carbocycles. The van der Waals surface area contributed by atoms with Crippen LogP contribution in [0.15, 0.2) is 18.2 Å². The minimum Gasteiger partial charge on any atom is -0.497 e. The second kappa shape index (κ2) is 7.92. The number of esters is 1. The number of carbonyl (C=O) groups excluding carboxylic acids is 1. The van der Waals surface area contributed by atoms with Crippen LogP contribution in [-0.2, 0) is 17.6 Å². The molecule has 26 heavy (non-hydrogen) atoms. The fraction of sp³-hybridized carbons (Fsp3) is 0.333. The molecule has 1 aliphatic carbocycles. The van der Waals surface area contributed by atoms with E-state index < -0.39 is 0 Å². The lowest BCUT2D eigenvalue weighted by Crippen LogP contribution is -2.20. The van der Waals surface area contributed by atoms with E-state index in [1.54, 1.807) is 31.6 Å². The van der Waals surface area contributed by atoms with Gasteiger partial charge in [-0.15, -0.1) is 11.3 Å². The first kappa shape index (κ1) is 18.5. The van der Waals surface area contributed by atoms with Crippen molar-refractivity contribution in [3.63, 3.8) is 0 Å². The van der Waals surface area contributed by atoms with Crippen molar-refractivity contribution < 1.29 is 19.0 Å². The molecule has 0 radical (unpaired) electrons. The average molecular weight is 393 g/mol. The Labute approximate surface area is 161 Å². The van der Waals surface area contributed by atoms with Crippen LogP contribution in [0.5, 0.6) is 11.5 Å². The largest absolute Gasteiger partial charge is 0.497 e. The maximum absolute atomic E-state index is 12.2. The van der Waals surface area contributed by atoms with Crippen molar-refractivity contribution in [3.05, 3.63) is 34.2 Å². The van der Waals surface area contributed by atoms with Gasteiger partial charge in [0.25, 0.3) is 0 Å². The van der Waals surface area contributed by atoms with Crippen molar-refractivity contribution in [1.29, 1.82) is 0 Å². The number of thiocarbonyl (C=S) groups is 1. The molecule has 0 atom stereocenters. The molecule has 1 heterocycles. The standard InChI is InChI=1S/C18H20N2O4S2/c1-22-10-7-8-12(13(9-10)23-2)19-18(25)20-16-15(17(21)24-3)11-5-4-6-14(11)26-16/h7-9H,4-6H2,1-3H3,(H2,19,20,25). The van der Waals surface area contributed by atoms with E-state index in [0.717, 1.165) is 24.8 Å². The number of fused-ring (bicyclic) bond motifs is 1. The molecule has 6 nitrogen and oxygen atoms in total. The predicted octanol–water partition coefficient (Wildman–Crippen LogP) is 3.85. The van der Waals surface area contributed by atoms with Crippen molar-refractivity contribution in [1.82, 2.24) is 0 Å². The molecule has 3 rings (SSSR count). The maximum atomic E-state index is 12.2. The Bertz CT molecular complexity index is 848. The van der Waals surface area contributed by atoms with Gasteiger partial charge in [0.2, 0.25) is 0 Å². The number of ether oxygens (including phenoxy) is 3. The topological polar surface area (TPSA) is 68.8 Å². The van der Waals surface area contributed by atoms with E-state index in [9.17, 15) is 4.79 Å². The van der Waals surface area contributed by atoms with Gasteiger partial charge in [0.1, 0.15) is 16.5 Å². The fourth-order valence-corrected chi connectivity index (χ4v) is 4.53. The third-order valence-corrected chi connectivity index (χ3v) is 5.61. The molecule has 0 amide bonds. The summed E-state index contributed by atoms with van der Waals surface area (Å²) in [5.74, 6) is 0.959. The predicted molar refractivity (Wildman–Crippen MR) is 107 cm³/mol. The maximum Gasteiger partial charge on any atom is 0.341 e. The van der Waals surface area contributed by atoms with Crippen LogP contribution in [-0.4, -0.2) is 32.4 Å². The summed E-state index contributed by atoms with van der Waals surface area (Å²) in [7, 11) is 4.57. The molecule has 2 aromatic rings. The van der Waals surface area contributed by atoms with Crippen molar-refractivity contribution in [2.75, 3.05) is 32.0 Å². The molecule has 1 aromatic heterocycles. The van der Waals surface area contributed by atoms with Crippen LogP contribution in [0.25, 0.3) is 0 Å². The Morgan fingerprint density at radius 2 is 1.96 bits per heavy atom. The molecule has 1 aliphatic rings. The summed E-state index contributed by atoms with van der Waals surface area (Å²) in [6.45, 7) is 0. The lowest BCUT2D eigenvalue weighted by atomic mass is 10.1. The first-order valence-corrected chi connectivity index (χ1v) is 9.32. The average Bonchev–Trinajstić information content (AvgIpc) is 3.22. The van der Waals surface area contributed by atoms with Gasteiger partial charge < -0.3 is 24.8 Å². The van der Waals surface area contributed by atoms with Gasteiger partial charge in [0, 0.05) is 10.9 Å². The zero-order valence-corrected chi connectivity index (χ0v) is 16.4. The molecule has 0 fully saturated rings. The van der Waals surface area contributed by atoms with Crippen LogP contribution in [0.3, 0.4) is 0 Å². The zero-order valence-electron chi connectivity index (χ0n) is 14.8. The number of benzene rings is 1. The first-order valence-electron chi connectivity index (χ1n) is 8.10. The number of hydrogen-bond acceptors (Lipinski definition) is 6. The van der Waals surface area contributed by atoms with Gasteiger partial charge in [-0.3, -0.25) is 0 Å². The lowest BCUT2D eigenvalue weighted by Gasteiger charge is -2.14. The van der Waals surface area contributed by atoms with Crippen LogP contribution in [0.4, 0.5) is 10.7 Å². The van der Waals surface area contributed by atoms with Gasteiger partial charge in [-0.25, -0.2) is 4.79 Å². The van der Waals surface area contributed by atoms with Crippen molar-refractivity contribution in [2.24, 2.45) is 0 Å². The Morgan fingerprint density at radius 3 is 2.65 bits per heavy atom. The van der Waals surface area contributed by atoms with Crippen LogP contribution in [0.2, 0.25) is 0 Å². The number of nitrogens with one attached hydrogen (secondary N) is 2. The summed E-state index contributed by atoms with van der Waals surface area (Å²) >= 11 is 6.98. The summed E-state index contributed by atoms with van der Waals surface area (Å²) in [5, 5.41) is 7.33. The highest BCUT2D eigenvalue weighted by Gasteiger charge is 2.27. The molecule has 0 saturated heterocycles. The zero-order chi connectivity index (χ0) is 18.7. The van der Waals surface area contributed by atoms with Crippen LogP contribution in [0.1, 0.15) is 27.2 Å². The fourth-order valence-electron chi connectivity index (χ4n) is 2.97. The minimum atomic E-state index is -0.336. The van der Waals surface area contributed by atoms with E-state index >= 15 is 0 Å².